The second-order valence-corrected chi connectivity index (χ2v) is 8.68. The molecular weight excluding hydrogens is 402 g/mol. The van der Waals surface area contributed by atoms with Gasteiger partial charge in [-0.1, -0.05) is 24.3 Å². The monoisotopic (exact) mass is 431 g/mol. The van der Waals surface area contributed by atoms with Gasteiger partial charge in [-0.3, -0.25) is 4.90 Å². The summed E-state index contributed by atoms with van der Waals surface area (Å²) in [6, 6.07) is 20.9. The van der Waals surface area contributed by atoms with Gasteiger partial charge in [-0.05, 0) is 79.5 Å². The van der Waals surface area contributed by atoms with Crippen LogP contribution in [0.5, 0.6) is 23.0 Å². The minimum absolute atomic E-state index is 0.0223. The molecule has 0 aromatic heterocycles. The highest BCUT2D eigenvalue weighted by Gasteiger charge is 2.33. The molecule has 0 bridgehead atoms. The zero-order valence-electron chi connectivity index (χ0n) is 18.1. The van der Waals surface area contributed by atoms with Crippen LogP contribution in [0.15, 0.2) is 66.7 Å². The van der Waals surface area contributed by atoms with Crippen LogP contribution in [0.3, 0.4) is 0 Å². The van der Waals surface area contributed by atoms with Crippen LogP contribution in [-0.2, 0) is 0 Å². The molecule has 0 saturated carbocycles. The Morgan fingerprint density at radius 3 is 2.28 bits per heavy atom. The number of phenolic OH excluding ortho intramolecular Hbond substituents is 2. The summed E-state index contributed by atoms with van der Waals surface area (Å²) in [4.78, 5) is 2.45. The highest BCUT2D eigenvalue weighted by Crippen LogP contribution is 2.47. The van der Waals surface area contributed by atoms with E-state index >= 15 is 0 Å². The fourth-order valence-corrected chi connectivity index (χ4v) is 4.90. The van der Waals surface area contributed by atoms with Crippen molar-refractivity contribution >= 4 is 0 Å². The Morgan fingerprint density at radius 2 is 1.53 bits per heavy atom. The van der Waals surface area contributed by atoms with Crippen molar-refractivity contribution in [3.05, 3.63) is 83.4 Å². The first-order valence-electron chi connectivity index (χ1n) is 11.4. The van der Waals surface area contributed by atoms with Crippen LogP contribution in [-0.4, -0.2) is 48.0 Å². The molecule has 5 rings (SSSR count). The van der Waals surface area contributed by atoms with E-state index in [0.29, 0.717) is 13.2 Å². The first kappa shape index (κ1) is 20.7. The van der Waals surface area contributed by atoms with E-state index < -0.39 is 0 Å². The van der Waals surface area contributed by atoms with Crippen molar-refractivity contribution in [2.45, 2.75) is 24.7 Å². The number of rotatable bonds is 6. The lowest BCUT2D eigenvalue weighted by atomic mass is 9.76. The molecule has 0 spiro atoms. The predicted octanol–water partition coefficient (Wildman–Crippen LogP) is 4.88. The maximum atomic E-state index is 10.2. The molecule has 5 nitrogen and oxygen atoms in total. The van der Waals surface area contributed by atoms with Gasteiger partial charge in [0.2, 0.25) is 0 Å². The predicted molar refractivity (Wildman–Crippen MR) is 124 cm³/mol. The van der Waals surface area contributed by atoms with Gasteiger partial charge in [0.1, 0.15) is 29.6 Å². The van der Waals surface area contributed by atoms with Gasteiger partial charge >= 0.3 is 0 Å². The van der Waals surface area contributed by atoms with Crippen molar-refractivity contribution < 1.29 is 19.7 Å². The molecule has 0 unspecified atom stereocenters. The second kappa shape index (κ2) is 9.13. The standard InChI is InChI=1S/C27H29NO4/c29-21-7-3-19(4-8-21)25-18-32-26-12-9-22(30)17-24(26)27(25)20-5-10-23(11-6-20)31-16-15-28-13-1-2-14-28/h3-12,17,25,27,29-30H,1-2,13-16,18H2/t25-,27+/m1/s1. The number of ether oxygens (including phenoxy) is 2. The van der Waals surface area contributed by atoms with Crippen LogP contribution in [0.25, 0.3) is 0 Å². The smallest absolute Gasteiger partial charge is 0.123 e. The van der Waals surface area contributed by atoms with E-state index in [4.69, 9.17) is 9.47 Å². The van der Waals surface area contributed by atoms with Crippen molar-refractivity contribution in [2.24, 2.45) is 0 Å². The number of fused-ring (bicyclic) bond motifs is 1. The minimum Gasteiger partial charge on any atom is -0.508 e. The number of nitrogens with zero attached hydrogens (tertiary/aromatic N) is 1. The molecule has 166 valence electrons. The molecular formula is C27H29NO4. The molecule has 2 aliphatic rings. The fourth-order valence-electron chi connectivity index (χ4n) is 4.90. The molecule has 0 radical (unpaired) electrons. The lowest BCUT2D eigenvalue weighted by Crippen LogP contribution is -2.25. The van der Waals surface area contributed by atoms with E-state index in [1.165, 1.54) is 25.9 Å². The summed E-state index contributed by atoms with van der Waals surface area (Å²) in [5, 5.41) is 19.9. The van der Waals surface area contributed by atoms with Crippen LogP contribution in [0, 0.1) is 0 Å². The van der Waals surface area contributed by atoms with Crippen LogP contribution in [0.1, 0.15) is 41.4 Å². The third-order valence-corrected chi connectivity index (χ3v) is 6.58. The highest BCUT2D eigenvalue weighted by molar-refractivity contribution is 5.51. The molecule has 2 heterocycles. The van der Waals surface area contributed by atoms with E-state index in [0.717, 1.165) is 34.7 Å². The summed E-state index contributed by atoms with van der Waals surface area (Å²) >= 11 is 0. The third-order valence-electron chi connectivity index (χ3n) is 6.58. The summed E-state index contributed by atoms with van der Waals surface area (Å²) < 4.78 is 12.0. The molecule has 2 aliphatic heterocycles. The normalized spacial score (nSPS) is 20.5. The number of benzene rings is 3. The number of hydrogen-bond donors (Lipinski definition) is 2. The summed E-state index contributed by atoms with van der Waals surface area (Å²) in [6.07, 6.45) is 2.58. The average Bonchev–Trinajstić information content (AvgIpc) is 3.33. The van der Waals surface area contributed by atoms with Crippen LogP contribution in [0.2, 0.25) is 0 Å². The lowest BCUT2D eigenvalue weighted by Gasteiger charge is -2.34. The number of likely N-dealkylation sites (tertiary alicyclic amines) is 1. The van der Waals surface area contributed by atoms with Gasteiger partial charge in [-0.15, -0.1) is 0 Å². The number of hydrogen-bond acceptors (Lipinski definition) is 5. The van der Waals surface area contributed by atoms with E-state index in [9.17, 15) is 10.2 Å². The first-order chi connectivity index (χ1) is 15.7. The fraction of sp³-hybridized carbons (Fsp3) is 0.333. The van der Waals surface area contributed by atoms with Crippen molar-refractivity contribution in [1.29, 1.82) is 0 Å². The Labute approximate surface area is 188 Å². The zero-order valence-corrected chi connectivity index (χ0v) is 18.1. The van der Waals surface area contributed by atoms with E-state index in [2.05, 4.69) is 17.0 Å². The number of aromatic hydroxyl groups is 2. The van der Waals surface area contributed by atoms with Crippen LogP contribution >= 0.6 is 0 Å². The van der Waals surface area contributed by atoms with Crippen molar-refractivity contribution in [1.82, 2.24) is 4.90 Å². The molecule has 2 atom stereocenters. The summed E-state index contributed by atoms with van der Waals surface area (Å²) in [7, 11) is 0. The van der Waals surface area contributed by atoms with Gasteiger partial charge in [0.15, 0.2) is 0 Å². The van der Waals surface area contributed by atoms with Crippen molar-refractivity contribution in [3.63, 3.8) is 0 Å². The molecule has 32 heavy (non-hydrogen) atoms. The molecule has 3 aromatic rings. The maximum absolute atomic E-state index is 10.2. The Hall–Kier alpha value is -3.18. The Balaban J connectivity index is 1.40. The Bertz CT molecular complexity index is 1040. The lowest BCUT2D eigenvalue weighted by molar-refractivity contribution is 0.237. The second-order valence-electron chi connectivity index (χ2n) is 8.68. The zero-order chi connectivity index (χ0) is 21.9. The molecule has 0 aliphatic carbocycles. The van der Waals surface area contributed by atoms with Gasteiger partial charge in [0.05, 0.1) is 6.61 Å². The van der Waals surface area contributed by atoms with Gasteiger partial charge in [-0.25, -0.2) is 0 Å². The quantitative estimate of drug-likeness (QED) is 0.582. The summed E-state index contributed by atoms with van der Waals surface area (Å²) in [5.41, 5.74) is 3.20. The van der Waals surface area contributed by atoms with E-state index in [-0.39, 0.29) is 23.3 Å². The van der Waals surface area contributed by atoms with Gasteiger partial charge in [0, 0.05) is 23.9 Å². The Kier molecular flexibility index (Phi) is 5.91. The Morgan fingerprint density at radius 1 is 0.844 bits per heavy atom. The van der Waals surface area contributed by atoms with Crippen molar-refractivity contribution in [3.8, 4) is 23.0 Å². The van der Waals surface area contributed by atoms with Crippen molar-refractivity contribution in [2.75, 3.05) is 32.8 Å². The largest absolute Gasteiger partial charge is 0.508 e. The van der Waals surface area contributed by atoms with Crippen LogP contribution in [0.4, 0.5) is 0 Å². The highest BCUT2D eigenvalue weighted by atomic mass is 16.5. The molecule has 1 saturated heterocycles. The van der Waals surface area contributed by atoms with Gasteiger partial charge in [-0.2, -0.15) is 0 Å². The minimum atomic E-state index is 0.0223. The SMILES string of the molecule is Oc1ccc([C@H]2COc3ccc(O)cc3[C@@H]2c2ccc(OCCN3CCCC3)cc2)cc1. The van der Waals surface area contributed by atoms with Gasteiger partial charge in [0.25, 0.3) is 0 Å². The van der Waals surface area contributed by atoms with E-state index in [1.807, 2.05) is 30.3 Å². The molecule has 5 heteroatoms. The first-order valence-corrected chi connectivity index (χ1v) is 11.4. The summed E-state index contributed by atoms with van der Waals surface area (Å²) in [6.45, 7) is 4.55. The van der Waals surface area contributed by atoms with Crippen LogP contribution < -0.4 is 9.47 Å². The van der Waals surface area contributed by atoms with Gasteiger partial charge < -0.3 is 19.7 Å². The topological polar surface area (TPSA) is 62.2 Å². The molecule has 3 aromatic carbocycles. The average molecular weight is 432 g/mol. The molecule has 1 fully saturated rings. The molecule has 0 amide bonds. The third kappa shape index (κ3) is 4.39. The number of phenols is 2. The van der Waals surface area contributed by atoms with E-state index in [1.54, 1.807) is 24.3 Å². The molecule has 2 N–H and O–H groups in total. The maximum Gasteiger partial charge on any atom is 0.123 e. The summed E-state index contributed by atoms with van der Waals surface area (Å²) in [5.74, 6) is 2.23.